The summed E-state index contributed by atoms with van der Waals surface area (Å²) in [6.07, 6.45) is 0. The maximum Gasteiger partial charge on any atom is 0.0649 e. The number of hydrogen-bond acceptors (Lipinski definition) is 2. The van der Waals surface area contributed by atoms with Gasteiger partial charge in [-0.15, -0.1) is 0 Å². The van der Waals surface area contributed by atoms with Gasteiger partial charge in [0.15, 0.2) is 0 Å². The van der Waals surface area contributed by atoms with Gasteiger partial charge in [-0.3, -0.25) is 4.68 Å². The first-order valence-electron chi connectivity index (χ1n) is 6.90. The first-order valence-corrected chi connectivity index (χ1v) is 6.90. The summed E-state index contributed by atoms with van der Waals surface area (Å²) in [5.74, 6) is 0. The Labute approximate surface area is 115 Å². The summed E-state index contributed by atoms with van der Waals surface area (Å²) in [4.78, 5) is 0. The van der Waals surface area contributed by atoms with Crippen LogP contribution in [0.2, 0.25) is 0 Å². The summed E-state index contributed by atoms with van der Waals surface area (Å²) in [5.41, 5.74) is 6.12. The van der Waals surface area contributed by atoms with Gasteiger partial charge < -0.3 is 5.32 Å². The first-order chi connectivity index (χ1) is 9.02. The van der Waals surface area contributed by atoms with Crippen molar-refractivity contribution in [2.24, 2.45) is 0 Å². The van der Waals surface area contributed by atoms with Gasteiger partial charge >= 0.3 is 0 Å². The maximum atomic E-state index is 4.59. The Bertz CT molecular complexity index is 569. The van der Waals surface area contributed by atoms with E-state index in [1.165, 1.54) is 16.8 Å². The van der Waals surface area contributed by atoms with Crippen molar-refractivity contribution in [1.82, 2.24) is 9.78 Å². The minimum Gasteiger partial charge on any atom is -0.378 e. The number of nitrogens with one attached hydrogen (secondary N) is 1. The van der Waals surface area contributed by atoms with Crippen LogP contribution in [-0.4, -0.2) is 9.78 Å². The predicted molar refractivity (Wildman–Crippen MR) is 80.6 cm³/mol. The second kappa shape index (κ2) is 5.47. The lowest BCUT2D eigenvalue weighted by Gasteiger charge is -2.16. The zero-order valence-electron chi connectivity index (χ0n) is 12.5. The lowest BCUT2D eigenvalue weighted by atomic mass is 10.1. The maximum absolute atomic E-state index is 4.59. The van der Waals surface area contributed by atoms with Gasteiger partial charge in [-0.25, -0.2) is 0 Å². The van der Waals surface area contributed by atoms with Crippen molar-refractivity contribution in [2.45, 2.75) is 47.2 Å². The third-order valence-electron chi connectivity index (χ3n) is 3.57. The van der Waals surface area contributed by atoms with E-state index in [-0.39, 0.29) is 6.04 Å². The number of rotatable bonds is 4. The van der Waals surface area contributed by atoms with Crippen molar-refractivity contribution in [3.8, 4) is 0 Å². The van der Waals surface area contributed by atoms with Crippen LogP contribution >= 0.6 is 0 Å². The minimum atomic E-state index is 0.266. The van der Waals surface area contributed by atoms with E-state index in [0.29, 0.717) is 0 Å². The van der Waals surface area contributed by atoms with Crippen LogP contribution in [-0.2, 0) is 6.54 Å². The number of anilines is 1. The van der Waals surface area contributed by atoms with Crippen molar-refractivity contribution < 1.29 is 0 Å². The van der Waals surface area contributed by atoms with Crippen molar-refractivity contribution in [2.75, 3.05) is 5.32 Å². The van der Waals surface area contributed by atoms with E-state index in [0.717, 1.165) is 17.9 Å². The summed E-state index contributed by atoms with van der Waals surface area (Å²) in [6, 6.07) is 8.74. The van der Waals surface area contributed by atoms with Crippen LogP contribution in [0.1, 0.15) is 42.4 Å². The van der Waals surface area contributed by atoms with E-state index >= 15 is 0 Å². The van der Waals surface area contributed by atoms with Crippen LogP contribution in [0.25, 0.3) is 0 Å². The summed E-state index contributed by atoms with van der Waals surface area (Å²) < 4.78 is 2.07. The average Bonchev–Trinajstić information content (AvgIpc) is 2.64. The van der Waals surface area contributed by atoms with E-state index < -0.39 is 0 Å². The molecule has 1 aromatic heterocycles. The molecule has 0 saturated carbocycles. The third kappa shape index (κ3) is 2.80. The largest absolute Gasteiger partial charge is 0.378 e. The summed E-state index contributed by atoms with van der Waals surface area (Å²) >= 11 is 0. The number of benzene rings is 1. The highest BCUT2D eigenvalue weighted by atomic mass is 15.3. The van der Waals surface area contributed by atoms with Crippen LogP contribution in [0.3, 0.4) is 0 Å². The molecule has 2 aromatic rings. The second-order valence-electron chi connectivity index (χ2n) is 5.14. The fourth-order valence-electron chi connectivity index (χ4n) is 2.70. The Balaban J connectivity index is 2.25. The Kier molecular flexibility index (Phi) is 3.93. The van der Waals surface area contributed by atoms with Gasteiger partial charge in [0.05, 0.1) is 11.7 Å². The molecule has 0 radical (unpaired) electrons. The van der Waals surface area contributed by atoms with Crippen molar-refractivity contribution >= 4 is 5.69 Å². The Morgan fingerprint density at radius 2 is 2.00 bits per heavy atom. The molecule has 1 heterocycles. The molecule has 19 heavy (non-hydrogen) atoms. The molecule has 1 N–H and O–H groups in total. The normalized spacial score (nSPS) is 12.5. The molecule has 0 bridgehead atoms. The van der Waals surface area contributed by atoms with Gasteiger partial charge in [-0.1, -0.05) is 12.1 Å². The standard InChI is InChI=1S/C16H23N3/c1-6-19-14(5)16(13(4)18-19)12(3)17-15-9-7-8-11(2)10-15/h7-10,12,17H,6H2,1-5H3. The molecule has 2 rings (SSSR count). The lowest BCUT2D eigenvalue weighted by molar-refractivity contribution is 0.632. The molecular formula is C16H23N3. The highest BCUT2D eigenvalue weighted by Gasteiger charge is 2.16. The van der Waals surface area contributed by atoms with Gasteiger partial charge in [-0.2, -0.15) is 5.10 Å². The van der Waals surface area contributed by atoms with Gasteiger partial charge in [0.1, 0.15) is 0 Å². The van der Waals surface area contributed by atoms with Crippen LogP contribution in [0, 0.1) is 20.8 Å². The van der Waals surface area contributed by atoms with Crippen molar-refractivity contribution in [3.63, 3.8) is 0 Å². The Morgan fingerprint density at radius 3 is 2.58 bits per heavy atom. The summed E-state index contributed by atoms with van der Waals surface area (Å²) in [5, 5.41) is 8.15. The van der Waals surface area contributed by atoms with Gasteiger partial charge in [0, 0.05) is 23.5 Å². The zero-order valence-corrected chi connectivity index (χ0v) is 12.5. The molecule has 0 aliphatic carbocycles. The Morgan fingerprint density at radius 1 is 1.26 bits per heavy atom. The highest BCUT2D eigenvalue weighted by molar-refractivity contribution is 5.48. The van der Waals surface area contributed by atoms with Crippen LogP contribution in [0.4, 0.5) is 5.69 Å². The average molecular weight is 257 g/mol. The molecule has 1 unspecified atom stereocenters. The smallest absolute Gasteiger partial charge is 0.0649 e. The Hall–Kier alpha value is -1.77. The molecule has 0 fully saturated rings. The van der Waals surface area contributed by atoms with E-state index in [1.807, 2.05) is 0 Å². The molecule has 0 aliphatic rings. The van der Waals surface area contributed by atoms with E-state index in [1.54, 1.807) is 0 Å². The van der Waals surface area contributed by atoms with Gasteiger partial charge in [0.2, 0.25) is 0 Å². The van der Waals surface area contributed by atoms with Crippen molar-refractivity contribution in [1.29, 1.82) is 0 Å². The zero-order chi connectivity index (χ0) is 14.0. The second-order valence-corrected chi connectivity index (χ2v) is 5.14. The fraction of sp³-hybridized carbons (Fsp3) is 0.438. The molecular weight excluding hydrogens is 234 g/mol. The topological polar surface area (TPSA) is 29.9 Å². The van der Waals surface area contributed by atoms with Gasteiger partial charge in [0.25, 0.3) is 0 Å². The molecule has 0 amide bonds. The van der Waals surface area contributed by atoms with Gasteiger partial charge in [-0.05, 0) is 52.3 Å². The molecule has 0 saturated heterocycles. The highest BCUT2D eigenvalue weighted by Crippen LogP contribution is 2.25. The monoisotopic (exact) mass is 257 g/mol. The first kappa shape index (κ1) is 13.7. The molecule has 102 valence electrons. The summed E-state index contributed by atoms with van der Waals surface area (Å²) in [7, 11) is 0. The number of aromatic nitrogens is 2. The molecule has 1 aromatic carbocycles. The third-order valence-corrected chi connectivity index (χ3v) is 3.57. The number of nitrogens with zero attached hydrogens (tertiary/aromatic N) is 2. The molecule has 3 heteroatoms. The lowest BCUT2D eigenvalue weighted by Crippen LogP contribution is -2.09. The van der Waals surface area contributed by atoms with Crippen molar-refractivity contribution in [3.05, 3.63) is 46.8 Å². The summed E-state index contributed by atoms with van der Waals surface area (Å²) in [6.45, 7) is 11.6. The molecule has 3 nitrogen and oxygen atoms in total. The fourth-order valence-corrected chi connectivity index (χ4v) is 2.70. The quantitative estimate of drug-likeness (QED) is 0.897. The van der Waals surface area contributed by atoms with E-state index in [2.05, 4.69) is 74.0 Å². The minimum absolute atomic E-state index is 0.266. The number of hydrogen-bond donors (Lipinski definition) is 1. The SMILES string of the molecule is CCn1nc(C)c(C(C)Nc2cccc(C)c2)c1C. The molecule has 0 aliphatic heterocycles. The molecule has 0 spiro atoms. The number of aryl methyl sites for hydroxylation is 3. The van der Waals surface area contributed by atoms with E-state index in [9.17, 15) is 0 Å². The van der Waals surface area contributed by atoms with Crippen LogP contribution in [0.5, 0.6) is 0 Å². The van der Waals surface area contributed by atoms with Crippen LogP contribution < -0.4 is 5.32 Å². The van der Waals surface area contributed by atoms with E-state index in [4.69, 9.17) is 0 Å². The van der Waals surface area contributed by atoms with Crippen LogP contribution in [0.15, 0.2) is 24.3 Å². The predicted octanol–water partition coefficient (Wildman–Crippen LogP) is 4.00. The molecule has 1 atom stereocenters.